The molecule has 2 atom stereocenters. The Labute approximate surface area is 118 Å². The van der Waals surface area contributed by atoms with Crippen molar-refractivity contribution in [3.8, 4) is 0 Å². The van der Waals surface area contributed by atoms with Crippen molar-refractivity contribution in [2.75, 3.05) is 13.1 Å². The van der Waals surface area contributed by atoms with Gasteiger partial charge in [-0.05, 0) is 24.5 Å². The van der Waals surface area contributed by atoms with E-state index in [4.69, 9.17) is 0 Å². The summed E-state index contributed by atoms with van der Waals surface area (Å²) in [4.78, 5) is 26.0. The van der Waals surface area contributed by atoms with Gasteiger partial charge in [0, 0.05) is 19.6 Å². The fourth-order valence-corrected chi connectivity index (χ4v) is 2.91. The van der Waals surface area contributed by atoms with Crippen LogP contribution < -0.4 is 10.6 Å². The highest BCUT2D eigenvalue weighted by atomic mass is 16.2. The van der Waals surface area contributed by atoms with Gasteiger partial charge in [-0.2, -0.15) is 0 Å². The number of carbonyl (C=O) groups is 2. The van der Waals surface area contributed by atoms with E-state index in [1.54, 1.807) is 11.8 Å². The molecule has 0 saturated carbocycles. The maximum Gasteiger partial charge on any atom is 0.242 e. The Hall–Kier alpha value is -1.88. The summed E-state index contributed by atoms with van der Waals surface area (Å²) in [6.45, 7) is 3.62. The number of benzene rings is 1. The second-order valence-electron chi connectivity index (χ2n) is 5.40. The van der Waals surface area contributed by atoms with Crippen LogP contribution in [-0.2, 0) is 22.6 Å². The van der Waals surface area contributed by atoms with Crippen molar-refractivity contribution in [2.24, 2.45) is 0 Å². The molecular weight excluding hydrogens is 254 g/mol. The molecule has 2 amide bonds. The van der Waals surface area contributed by atoms with E-state index in [1.165, 1.54) is 11.1 Å². The number of hydrogen-bond acceptors (Lipinski definition) is 3. The monoisotopic (exact) mass is 273 g/mol. The fraction of sp³-hybridized carbons (Fsp3) is 0.467. The molecule has 0 radical (unpaired) electrons. The molecule has 1 aromatic rings. The van der Waals surface area contributed by atoms with E-state index >= 15 is 0 Å². The molecule has 1 fully saturated rings. The average Bonchev–Trinajstić information content (AvgIpc) is 2.49. The van der Waals surface area contributed by atoms with Gasteiger partial charge in [-0.15, -0.1) is 0 Å². The molecule has 2 unspecified atom stereocenters. The Morgan fingerprint density at radius 3 is 2.85 bits per heavy atom. The van der Waals surface area contributed by atoms with Crippen molar-refractivity contribution < 1.29 is 9.59 Å². The van der Waals surface area contributed by atoms with E-state index in [1.807, 2.05) is 12.1 Å². The van der Waals surface area contributed by atoms with E-state index in [2.05, 4.69) is 22.8 Å². The second kappa shape index (κ2) is 5.25. The molecule has 0 aliphatic carbocycles. The molecule has 106 valence electrons. The van der Waals surface area contributed by atoms with Crippen molar-refractivity contribution in [1.29, 1.82) is 0 Å². The van der Waals surface area contributed by atoms with Gasteiger partial charge in [0.2, 0.25) is 11.8 Å². The van der Waals surface area contributed by atoms with Crippen molar-refractivity contribution >= 4 is 11.8 Å². The van der Waals surface area contributed by atoms with E-state index in [9.17, 15) is 9.59 Å². The van der Waals surface area contributed by atoms with Crippen molar-refractivity contribution in [2.45, 2.75) is 32.0 Å². The quantitative estimate of drug-likeness (QED) is 0.760. The van der Waals surface area contributed by atoms with Crippen LogP contribution in [0.15, 0.2) is 24.3 Å². The summed E-state index contributed by atoms with van der Waals surface area (Å²) in [6, 6.07) is 7.57. The number of nitrogens with zero attached hydrogens (tertiary/aromatic N) is 1. The minimum Gasteiger partial charge on any atom is -0.353 e. The maximum absolute atomic E-state index is 12.6. The summed E-state index contributed by atoms with van der Waals surface area (Å²) in [6.07, 6.45) is 0.694. The Kier molecular flexibility index (Phi) is 3.44. The first kappa shape index (κ1) is 13.1. The van der Waals surface area contributed by atoms with Crippen LogP contribution in [0.3, 0.4) is 0 Å². The van der Waals surface area contributed by atoms with Crippen molar-refractivity contribution in [3.63, 3.8) is 0 Å². The van der Waals surface area contributed by atoms with Gasteiger partial charge < -0.3 is 15.5 Å². The second-order valence-corrected chi connectivity index (χ2v) is 5.40. The van der Waals surface area contributed by atoms with Gasteiger partial charge in [-0.3, -0.25) is 9.59 Å². The van der Waals surface area contributed by atoms with E-state index < -0.39 is 0 Å². The third kappa shape index (κ3) is 2.29. The van der Waals surface area contributed by atoms with Gasteiger partial charge in [-0.1, -0.05) is 24.3 Å². The van der Waals surface area contributed by atoms with Crippen LogP contribution in [0.1, 0.15) is 18.1 Å². The number of fused-ring (bicyclic) bond motifs is 1. The number of hydrogen-bond donors (Lipinski definition) is 2. The Balaban J connectivity index is 1.74. The van der Waals surface area contributed by atoms with Crippen LogP contribution in [0.2, 0.25) is 0 Å². The fourth-order valence-electron chi connectivity index (χ4n) is 2.91. The van der Waals surface area contributed by atoms with E-state index in [0.29, 0.717) is 26.1 Å². The highest BCUT2D eigenvalue weighted by Crippen LogP contribution is 2.18. The summed E-state index contributed by atoms with van der Waals surface area (Å²) >= 11 is 0. The smallest absolute Gasteiger partial charge is 0.242 e. The summed E-state index contributed by atoms with van der Waals surface area (Å²) in [5, 5.41) is 6.07. The first-order valence-electron chi connectivity index (χ1n) is 7.05. The van der Waals surface area contributed by atoms with Gasteiger partial charge in [0.15, 0.2) is 0 Å². The normalized spacial score (nSPS) is 25.9. The first-order valence-corrected chi connectivity index (χ1v) is 7.05. The number of carbonyl (C=O) groups excluding carboxylic acids is 2. The van der Waals surface area contributed by atoms with Gasteiger partial charge in [-0.25, -0.2) is 0 Å². The van der Waals surface area contributed by atoms with Gasteiger partial charge in [0.05, 0.1) is 6.04 Å². The van der Waals surface area contributed by atoms with E-state index in [-0.39, 0.29) is 23.9 Å². The third-order valence-electron chi connectivity index (χ3n) is 4.16. The lowest BCUT2D eigenvalue weighted by molar-refractivity contribution is -0.144. The molecule has 1 aromatic carbocycles. The number of amides is 2. The highest BCUT2D eigenvalue weighted by Gasteiger charge is 2.34. The molecule has 5 nitrogen and oxygen atoms in total. The van der Waals surface area contributed by atoms with E-state index in [0.717, 1.165) is 0 Å². The van der Waals surface area contributed by atoms with Crippen molar-refractivity contribution in [1.82, 2.24) is 15.5 Å². The van der Waals surface area contributed by atoms with Crippen LogP contribution in [0.5, 0.6) is 0 Å². The molecule has 5 heteroatoms. The van der Waals surface area contributed by atoms with Gasteiger partial charge in [0.25, 0.3) is 0 Å². The highest BCUT2D eigenvalue weighted by molar-refractivity contribution is 5.90. The molecule has 0 bridgehead atoms. The Morgan fingerprint density at radius 2 is 2.05 bits per heavy atom. The SMILES string of the molecule is CC1C(=O)NCCN1C(=O)C1Cc2ccccc2CN1. The molecule has 0 spiro atoms. The lowest BCUT2D eigenvalue weighted by Gasteiger charge is -2.36. The Morgan fingerprint density at radius 1 is 1.30 bits per heavy atom. The zero-order valence-electron chi connectivity index (χ0n) is 11.6. The maximum atomic E-state index is 12.6. The molecular formula is C15H19N3O2. The van der Waals surface area contributed by atoms with Crippen LogP contribution in [-0.4, -0.2) is 41.9 Å². The lowest BCUT2D eigenvalue weighted by Crippen LogP contribution is -2.60. The predicted octanol–water partition coefficient (Wildman–Crippen LogP) is 0.0478. The molecule has 2 heterocycles. The minimum absolute atomic E-state index is 0.0295. The molecule has 0 aromatic heterocycles. The molecule has 2 aliphatic heterocycles. The first-order chi connectivity index (χ1) is 9.66. The summed E-state index contributed by atoms with van der Waals surface area (Å²) in [5.74, 6) is -0.0392. The Bertz CT molecular complexity index is 544. The predicted molar refractivity (Wildman–Crippen MR) is 75.0 cm³/mol. The van der Waals surface area contributed by atoms with Gasteiger partial charge >= 0.3 is 0 Å². The van der Waals surface area contributed by atoms with Crippen molar-refractivity contribution in [3.05, 3.63) is 35.4 Å². The van der Waals surface area contributed by atoms with Crippen LogP contribution in [0, 0.1) is 0 Å². The zero-order chi connectivity index (χ0) is 14.1. The largest absolute Gasteiger partial charge is 0.353 e. The lowest BCUT2D eigenvalue weighted by atomic mass is 9.94. The summed E-state index contributed by atoms with van der Waals surface area (Å²) in [5.41, 5.74) is 2.47. The zero-order valence-corrected chi connectivity index (χ0v) is 11.6. The topological polar surface area (TPSA) is 61.4 Å². The van der Waals surface area contributed by atoms with Gasteiger partial charge in [0.1, 0.15) is 6.04 Å². The minimum atomic E-state index is -0.379. The van der Waals surface area contributed by atoms with Crippen LogP contribution in [0.4, 0.5) is 0 Å². The number of rotatable bonds is 1. The molecule has 2 N–H and O–H groups in total. The molecule has 1 saturated heterocycles. The summed E-state index contributed by atoms with van der Waals surface area (Å²) < 4.78 is 0. The van der Waals surface area contributed by atoms with Crippen LogP contribution >= 0.6 is 0 Å². The molecule has 3 rings (SSSR count). The average molecular weight is 273 g/mol. The van der Waals surface area contributed by atoms with Crippen LogP contribution in [0.25, 0.3) is 0 Å². The molecule has 20 heavy (non-hydrogen) atoms. The standard InChI is InChI=1S/C15H19N3O2/c1-10-14(19)16-6-7-18(10)15(20)13-8-11-4-2-3-5-12(11)9-17-13/h2-5,10,13,17H,6-9H2,1H3,(H,16,19). The summed E-state index contributed by atoms with van der Waals surface area (Å²) in [7, 11) is 0. The number of nitrogens with one attached hydrogen (secondary N) is 2. The molecule has 2 aliphatic rings. The third-order valence-corrected chi connectivity index (χ3v) is 4.16. The number of piperazine rings is 1.